The first-order valence-electron chi connectivity index (χ1n) is 14.5. The van der Waals surface area contributed by atoms with Crippen LogP contribution in [0.15, 0.2) is 42.5 Å². The van der Waals surface area contributed by atoms with E-state index in [9.17, 15) is 19.2 Å². The quantitative estimate of drug-likeness (QED) is 0.578. The van der Waals surface area contributed by atoms with Crippen molar-refractivity contribution in [2.24, 2.45) is 0 Å². The number of hydrogen-bond acceptors (Lipinski definition) is 5. The first-order valence-corrected chi connectivity index (χ1v) is 14.5. The highest BCUT2D eigenvalue weighted by Gasteiger charge is 2.45. The number of benzene rings is 2. The van der Waals surface area contributed by atoms with Gasteiger partial charge in [-0.25, -0.2) is 4.79 Å². The molecule has 0 radical (unpaired) electrons. The third-order valence-corrected chi connectivity index (χ3v) is 8.35. The summed E-state index contributed by atoms with van der Waals surface area (Å²) in [6.45, 7) is 6.88. The van der Waals surface area contributed by atoms with E-state index in [1.165, 1.54) is 17.5 Å². The molecular formula is C32H40N4O5. The van der Waals surface area contributed by atoms with Crippen LogP contribution in [0.4, 0.5) is 10.5 Å². The van der Waals surface area contributed by atoms with Crippen molar-refractivity contribution in [1.29, 1.82) is 0 Å². The van der Waals surface area contributed by atoms with Gasteiger partial charge >= 0.3 is 6.09 Å². The number of nitrogens with one attached hydrogen (secondary N) is 2. The molecule has 0 saturated carbocycles. The van der Waals surface area contributed by atoms with Crippen molar-refractivity contribution in [3.8, 4) is 0 Å². The molecule has 218 valence electrons. The average Bonchev–Trinajstić information content (AvgIpc) is 3.27. The Labute approximate surface area is 241 Å². The van der Waals surface area contributed by atoms with Gasteiger partial charge in [0.15, 0.2) is 0 Å². The molecule has 0 bridgehead atoms. The number of likely N-dealkylation sites (N-methyl/N-ethyl adjacent to an activating group) is 1. The van der Waals surface area contributed by atoms with E-state index in [0.29, 0.717) is 19.3 Å². The molecule has 2 aromatic rings. The smallest absolute Gasteiger partial charge is 0.410 e. The molecule has 0 spiro atoms. The lowest BCUT2D eigenvalue weighted by atomic mass is 9.87. The van der Waals surface area contributed by atoms with E-state index in [1.807, 2.05) is 30.3 Å². The van der Waals surface area contributed by atoms with Gasteiger partial charge in [-0.2, -0.15) is 0 Å². The predicted octanol–water partition coefficient (Wildman–Crippen LogP) is 3.82. The van der Waals surface area contributed by atoms with Crippen molar-refractivity contribution >= 4 is 29.5 Å². The lowest BCUT2D eigenvalue weighted by molar-refractivity contribution is -0.131. The molecule has 0 saturated heterocycles. The van der Waals surface area contributed by atoms with Crippen LogP contribution in [-0.4, -0.2) is 59.5 Å². The Morgan fingerprint density at radius 3 is 2.41 bits per heavy atom. The summed E-state index contributed by atoms with van der Waals surface area (Å²) in [5, 5.41) is 6.11. The molecule has 9 nitrogen and oxygen atoms in total. The molecule has 3 aliphatic rings. The molecule has 5 rings (SSSR count). The predicted molar refractivity (Wildman–Crippen MR) is 155 cm³/mol. The van der Waals surface area contributed by atoms with Crippen LogP contribution in [0.1, 0.15) is 75.3 Å². The maximum atomic E-state index is 14.1. The van der Waals surface area contributed by atoms with E-state index in [2.05, 4.69) is 22.8 Å². The average molecular weight is 561 g/mol. The van der Waals surface area contributed by atoms with Crippen LogP contribution in [0.2, 0.25) is 0 Å². The highest BCUT2D eigenvalue weighted by atomic mass is 16.6. The summed E-state index contributed by atoms with van der Waals surface area (Å²) in [5.74, 6) is -0.951. The Hall–Kier alpha value is -3.88. The van der Waals surface area contributed by atoms with E-state index in [1.54, 1.807) is 32.6 Å². The summed E-state index contributed by atoms with van der Waals surface area (Å²) in [4.78, 5) is 56.5. The minimum Gasteiger partial charge on any atom is -0.444 e. The van der Waals surface area contributed by atoms with Crippen LogP contribution >= 0.6 is 0 Å². The number of hydrogen-bond donors (Lipinski definition) is 2. The van der Waals surface area contributed by atoms with Crippen molar-refractivity contribution < 1.29 is 23.9 Å². The minimum atomic E-state index is -0.858. The van der Waals surface area contributed by atoms with Gasteiger partial charge in [-0.1, -0.05) is 42.5 Å². The fourth-order valence-electron chi connectivity index (χ4n) is 6.11. The largest absolute Gasteiger partial charge is 0.444 e. The molecule has 0 unspecified atom stereocenters. The SMILES string of the molecule is C[C@@H](C(=O)N[C@H]1CCc2cccc3c2N(C1=O)[C@H](C(=O)N[C@@H]1CCCc2ccccc21)C3)N(C)C(=O)OC(C)(C)C. The highest BCUT2D eigenvalue weighted by Crippen LogP contribution is 2.39. The number of fused-ring (bicyclic) bond motifs is 1. The van der Waals surface area contributed by atoms with Crippen LogP contribution in [0.25, 0.3) is 0 Å². The Bertz CT molecular complexity index is 1370. The molecule has 41 heavy (non-hydrogen) atoms. The zero-order chi connectivity index (χ0) is 29.5. The summed E-state index contributed by atoms with van der Waals surface area (Å²) in [6, 6.07) is 11.6. The Morgan fingerprint density at radius 2 is 1.66 bits per heavy atom. The van der Waals surface area contributed by atoms with Crippen molar-refractivity contribution in [2.75, 3.05) is 11.9 Å². The van der Waals surface area contributed by atoms with E-state index in [4.69, 9.17) is 4.74 Å². The zero-order valence-electron chi connectivity index (χ0n) is 24.5. The number of aryl methyl sites for hydroxylation is 2. The van der Waals surface area contributed by atoms with Crippen LogP contribution in [0, 0.1) is 0 Å². The summed E-state index contributed by atoms with van der Waals surface area (Å²) < 4.78 is 5.40. The first-order chi connectivity index (χ1) is 19.4. The normalized spacial score (nSPS) is 22.1. The topological polar surface area (TPSA) is 108 Å². The lowest BCUT2D eigenvalue weighted by Gasteiger charge is -2.32. The number of nitrogens with zero attached hydrogens (tertiary/aromatic N) is 2. The van der Waals surface area contributed by atoms with Crippen LogP contribution in [-0.2, 0) is 38.4 Å². The van der Waals surface area contributed by atoms with Gasteiger partial charge in [0, 0.05) is 13.5 Å². The fourth-order valence-corrected chi connectivity index (χ4v) is 6.11. The molecule has 2 aliphatic heterocycles. The second-order valence-electron chi connectivity index (χ2n) is 12.4. The Kier molecular flexibility index (Phi) is 7.81. The van der Waals surface area contributed by atoms with Gasteiger partial charge in [0.05, 0.1) is 11.7 Å². The van der Waals surface area contributed by atoms with Crippen LogP contribution in [0.5, 0.6) is 0 Å². The maximum Gasteiger partial charge on any atom is 0.410 e. The van der Waals surface area contributed by atoms with Gasteiger partial charge in [-0.05, 0) is 82.1 Å². The standard InChI is InChI=1S/C32H40N4O5/c1-19(35(5)31(40)41-32(2,3)4)28(37)34-25-17-16-21-12-8-13-22-18-26(36(27(21)22)30(25)39)29(38)33-24-15-9-11-20-10-6-7-14-23(20)24/h6-8,10,12-14,19,24-26H,9,11,15-18H2,1-5H3,(H,33,38)(H,34,37)/t19-,24+,25-,26-/m0/s1. The van der Waals surface area contributed by atoms with Gasteiger partial charge in [0.2, 0.25) is 17.7 Å². The second-order valence-corrected chi connectivity index (χ2v) is 12.4. The lowest BCUT2D eigenvalue weighted by Crippen LogP contribution is -2.57. The Balaban J connectivity index is 1.34. The van der Waals surface area contributed by atoms with Gasteiger partial charge in [-0.3, -0.25) is 24.2 Å². The molecule has 0 fully saturated rings. The second kappa shape index (κ2) is 11.2. The number of amides is 4. The number of rotatable bonds is 5. The van der Waals surface area contributed by atoms with Crippen molar-refractivity contribution in [3.05, 3.63) is 64.7 Å². The molecule has 4 atom stereocenters. The fraction of sp³-hybridized carbons (Fsp3) is 0.500. The maximum absolute atomic E-state index is 14.1. The van der Waals surface area contributed by atoms with Crippen molar-refractivity contribution in [2.45, 2.75) is 96.0 Å². The van der Waals surface area contributed by atoms with Crippen LogP contribution < -0.4 is 15.5 Å². The van der Waals surface area contributed by atoms with Gasteiger partial charge in [0.1, 0.15) is 23.7 Å². The number of ether oxygens (including phenoxy) is 1. The Morgan fingerprint density at radius 1 is 0.951 bits per heavy atom. The summed E-state index contributed by atoms with van der Waals surface area (Å²) >= 11 is 0. The highest BCUT2D eigenvalue weighted by molar-refractivity contribution is 6.08. The van der Waals surface area contributed by atoms with Gasteiger partial charge in [-0.15, -0.1) is 0 Å². The van der Waals surface area contributed by atoms with E-state index < -0.39 is 35.7 Å². The number of anilines is 1. The molecular weight excluding hydrogens is 520 g/mol. The van der Waals surface area contributed by atoms with Crippen molar-refractivity contribution in [3.63, 3.8) is 0 Å². The molecule has 4 amide bonds. The van der Waals surface area contributed by atoms with E-state index >= 15 is 0 Å². The van der Waals surface area contributed by atoms with E-state index in [-0.39, 0.29) is 17.9 Å². The monoisotopic (exact) mass is 560 g/mol. The van der Waals surface area contributed by atoms with Crippen molar-refractivity contribution in [1.82, 2.24) is 15.5 Å². The number of carbonyl (C=O) groups excluding carboxylic acids is 4. The zero-order valence-corrected chi connectivity index (χ0v) is 24.5. The summed E-state index contributed by atoms with van der Waals surface area (Å²) in [5.41, 5.74) is 4.43. The van der Waals surface area contributed by atoms with Gasteiger partial charge in [0.25, 0.3) is 0 Å². The molecule has 9 heteroatoms. The third kappa shape index (κ3) is 5.80. The third-order valence-electron chi connectivity index (χ3n) is 8.35. The summed E-state index contributed by atoms with van der Waals surface area (Å²) in [7, 11) is 1.50. The first kappa shape index (κ1) is 28.6. The molecule has 2 heterocycles. The minimum absolute atomic E-state index is 0.0996. The molecule has 1 aliphatic carbocycles. The molecule has 0 aromatic heterocycles. The van der Waals surface area contributed by atoms with Gasteiger partial charge < -0.3 is 15.4 Å². The number of carbonyl (C=O) groups is 4. The molecule has 2 N–H and O–H groups in total. The summed E-state index contributed by atoms with van der Waals surface area (Å²) in [6.07, 6.45) is 3.61. The van der Waals surface area contributed by atoms with Crippen LogP contribution in [0.3, 0.4) is 0 Å². The van der Waals surface area contributed by atoms with E-state index in [0.717, 1.165) is 41.6 Å². The number of para-hydroxylation sites is 1. The molecule has 2 aromatic carbocycles.